The maximum absolute atomic E-state index is 11.7. The largest absolute Gasteiger partial charge is 0.478 e. The summed E-state index contributed by atoms with van der Waals surface area (Å²) < 4.78 is 2.20. The number of hydrogen-bond acceptors (Lipinski definition) is 2. The van der Waals surface area contributed by atoms with E-state index >= 15 is 0 Å². The fourth-order valence-electron chi connectivity index (χ4n) is 4.51. The molecule has 5 heteroatoms. The number of hydrogen-bond donors (Lipinski definition) is 2. The molecule has 0 spiro atoms. The van der Waals surface area contributed by atoms with Crippen molar-refractivity contribution in [2.24, 2.45) is 5.92 Å². The van der Waals surface area contributed by atoms with Gasteiger partial charge in [0.15, 0.2) is 0 Å². The number of rotatable bonds is 4. The van der Waals surface area contributed by atoms with Crippen LogP contribution in [0.1, 0.15) is 60.1 Å². The molecule has 1 aromatic heterocycles. The molecule has 2 aromatic rings. The second kappa shape index (κ2) is 7.22. The topological polar surface area (TPSA) is 71.3 Å². The standard InChI is InChI=1S/C22H26N2O3/c1-14-18(22(26)27)12-20(24(14)13-15-5-3-2-4-6-15)17-7-9-19-16(11-17)8-10-21(25)23-19/h7,9,11-12,15H,2-6,8,10,13H2,1H3,(H,23,25)(H,26,27). The minimum atomic E-state index is -0.874. The van der Waals surface area contributed by atoms with Crippen LogP contribution < -0.4 is 5.32 Å². The maximum Gasteiger partial charge on any atom is 0.337 e. The summed E-state index contributed by atoms with van der Waals surface area (Å²) >= 11 is 0. The van der Waals surface area contributed by atoms with Gasteiger partial charge in [0.25, 0.3) is 0 Å². The Morgan fingerprint density at radius 1 is 1.19 bits per heavy atom. The predicted octanol–water partition coefficient (Wildman–Crippen LogP) is 4.63. The molecule has 0 atom stereocenters. The first-order valence-corrected chi connectivity index (χ1v) is 9.89. The van der Waals surface area contributed by atoms with Gasteiger partial charge in [-0.2, -0.15) is 0 Å². The van der Waals surface area contributed by atoms with Crippen LogP contribution in [0.25, 0.3) is 11.3 Å². The van der Waals surface area contributed by atoms with E-state index in [1.165, 1.54) is 32.1 Å². The molecule has 1 amide bonds. The Morgan fingerprint density at radius 2 is 1.96 bits per heavy atom. The Labute approximate surface area is 159 Å². The highest BCUT2D eigenvalue weighted by atomic mass is 16.4. The van der Waals surface area contributed by atoms with E-state index in [0.29, 0.717) is 17.9 Å². The summed E-state index contributed by atoms with van der Waals surface area (Å²) in [4.78, 5) is 23.3. The molecule has 4 rings (SSSR count). The number of aryl methyl sites for hydroxylation is 1. The number of aromatic nitrogens is 1. The molecule has 2 heterocycles. The summed E-state index contributed by atoms with van der Waals surface area (Å²) in [5, 5.41) is 12.5. The van der Waals surface area contributed by atoms with Crippen molar-refractivity contribution in [3.63, 3.8) is 0 Å². The third-order valence-corrected chi connectivity index (χ3v) is 6.06. The lowest BCUT2D eigenvalue weighted by Gasteiger charge is -2.24. The fourth-order valence-corrected chi connectivity index (χ4v) is 4.51. The molecule has 0 radical (unpaired) electrons. The summed E-state index contributed by atoms with van der Waals surface area (Å²) in [5.74, 6) is -0.205. The van der Waals surface area contributed by atoms with Crippen molar-refractivity contribution < 1.29 is 14.7 Å². The summed E-state index contributed by atoms with van der Waals surface area (Å²) in [6.45, 7) is 2.79. The maximum atomic E-state index is 11.7. The highest BCUT2D eigenvalue weighted by Gasteiger charge is 2.23. The van der Waals surface area contributed by atoms with Crippen molar-refractivity contribution in [3.05, 3.63) is 41.1 Å². The molecular formula is C22H26N2O3. The van der Waals surface area contributed by atoms with Gasteiger partial charge in [-0.1, -0.05) is 25.3 Å². The number of carboxylic acids is 1. The predicted molar refractivity (Wildman–Crippen MR) is 105 cm³/mol. The number of nitrogens with one attached hydrogen (secondary N) is 1. The monoisotopic (exact) mass is 366 g/mol. The van der Waals surface area contributed by atoms with Gasteiger partial charge in [-0.05, 0) is 61.4 Å². The summed E-state index contributed by atoms with van der Waals surface area (Å²) in [7, 11) is 0. The van der Waals surface area contributed by atoms with Gasteiger partial charge < -0.3 is 15.0 Å². The van der Waals surface area contributed by atoms with Crippen LogP contribution in [-0.2, 0) is 17.8 Å². The highest BCUT2D eigenvalue weighted by Crippen LogP contribution is 2.34. The minimum absolute atomic E-state index is 0.0555. The summed E-state index contributed by atoms with van der Waals surface area (Å²) in [5.41, 5.74) is 5.19. The van der Waals surface area contributed by atoms with Crippen LogP contribution in [0.15, 0.2) is 24.3 Å². The smallest absolute Gasteiger partial charge is 0.337 e. The Bertz CT molecular complexity index is 891. The van der Waals surface area contributed by atoms with E-state index in [1.807, 2.05) is 25.1 Å². The number of carboxylic acid groups (broad SMARTS) is 1. The zero-order valence-electron chi connectivity index (χ0n) is 15.8. The lowest BCUT2D eigenvalue weighted by Crippen LogP contribution is -2.19. The number of anilines is 1. The Balaban J connectivity index is 1.73. The van der Waals surface area contributed by atoms with E-state index in [9.17, 15) is 14.7 Å². The molecule has 0 saturated heterocycles. The van der Waals surface area contributed by atoms with Gasteiger partial charge in [0.05, 0.1) is 5.56 Å². The van der Waals surface area contributed by atoms with Gasteiger partial charge in [0.2, 0.25) is 5.91 Å². The molecule has 0 bridgehead atoms. The van der Waals surface area contributed by atoms with Gasteiger partial charge in [-0.3, -0.25) is 4.79 Å². The lowest BCUT2D eigenvalue weighted by atomic mass is 9.89. The van der Waals surface area contributed by atoms with Gasteiger partial charge >= 0.3 is 5.97 Å². The highest BCUT2D eigenvalue weighted by molar-refractivity contribution is 5.95. The van der Waals surface area contributed by atoms with Crippen LogP contribution in [0.3, 0.4) is 0 Å². The number of fused-ring (bicyclic) bond motifs is 1. The van der Waals surface area contributed by atoms with Crippen LogP contribution in [0.2, 0.25) is 0 Å². The van der Waals surface area contributed by atoms with Crippen molar-refractivity contribution in [2.75, 3.05) is 5.32 Å². The van der Waals surface area contributed by atoms with Crippen LogP contribution in [0, 0.1) is 12.8 Å². The first kappa shape index (κ1) is 17.8. The number of carbonyl (C=O) groups excluding carboxylic acids is 1. The molecule has 1 aromatic carbocycles. The third-order valence-electron chi connectivity index (χ3n) is 6.06. The molecule has 0 unspecified atom stereocenters. The molecular weight excluding hydrogens is 340 g/mol. The van der Waals surface area contributed by atoms with E-state index in [4.69, 9.17) is 0 Å². The zero-order chi connectivity index (χ0) is 19.0. The van der Waals surface area contributed by atoms with E-state index < -0.39 is 5.97 Å². The van der Waals surface area contributed by atoms with Crippen molar-refractivity contribution in [2.45, 2.75) is 58.4 Å². The molecule has 2 aliphatic rings. The number of amides is 1. The molecule has 1 aliphatic heterocycles. The molecule has 5 nitrogen and oxygen atoms in total. The van der Waals surface area contributed by atoms with Crippen LogP contribution in [0.4, 0.5) is 5.69 Å². The Kier molecular flexibility index (Phi) is 4.77. The van der Waals surface area contributed by atoms with E-state index in [1.54, 1.807) is 0 Å². The molecule has 1 saturated carbocycles. The van der Waals surface area contributed by atoms with E-state index in [0.717, 1.165) is 41.2 Å². The van der Waals surface area contributed by atoms with Crippen LogP contribution >= 0.6 is 0 Å². The zero-order valence-corrected chi connectivity index (χ0v) is 15.8. The first-order valence-electron chi connectivity index (χ1n) is 9.89. The van der Waals surface area contributed by atoms with E-state index in [2.05, 4.69) is 16.0 Å². The Morgan fingerprint density at radius 3 is 2.70 bits per heavy atom. The quantitative estimate of drug-likeness (QED) is 0.829. The van der Waals surface area contributed by atoms with Gasteiger partial charge in [0, 0.05) is 30.0 Å². The molecule has 1 fully saturated rings. The fraction of sp³-hybridized carbons (Fsp3) is 0.455. The van der Waals surface area contributed by atoms with Gasteiger partial charge in [-0.15, -0.1) is 0 Å². The number of aromatic carboxylic acids is 1. The average molecular weight is 366 g/mol. The van der Waals surface area contributed by atoms with Gasteiger partial charge in [0.1, 0.15) is 0 Å². The van der Waals surface area contributed by atoms with Crippen molar-refractivity contribution in [3.8, 4) is 11.3 Å². The summed E-state index contributed by atoms with van der Waals surface area (Å²) in [6.07, 6.45) is 7.51. The molecule has 27 heavy (non-hydrogen) atoms. The first-order chi connectivity index (χ1) is 13.0. The number of nitrogens with zero attached hydrogens (tertiary/aromatic N) is 1. The van der Waals surface area contributed by atoms with Crippen molar-refractivity contribution >= 4 is 17.6 Å². The van der Waals surface area contributed by atoms with Crippen LogP contribution in [0.5, 0.6) is 0 Å². The summed E-state index contributed by atoms with van der Waals surface area (Å²) in [6, 6.07) is 7.84. The Hall–Kier alpha value is -2.56. The van der Waals surface area contributed by atoms with Crippen molar-refractivity contribution in [1.82, 2.24) is 4.57 Å². The SMILES string of the molecule is Cc1c(C(=O)O)cc(-c2ccc3c(c2)CCC(=O)N3)n1CC1CCCCC1. The molecule has 2 N–H and O–H groups in total. The number of benzene rings is 1. The van der Waals surface area contributed by atoms with E-state index in [-0.39, 0.29) is 5.91 Å². The number of carbonyl (C=O) groups is 2. The third kappa shape index (κ3) is 3.51. The minimum Gasteiger partial charge on any atom is -0.478 e. The lowest BCUT2D eigenvalue weighted by molar-refractivity contribution is -0.116. The second-order valence-electron chi connectivity index (χ2n) is 7.87. The molecule has 1 aliphatic carbocycles. The normalized spacial score (nSPS) is 17.4. The molecule has 142 valence electrons. The van der Waals surface area contributed by atoms with Crippen molar-refractivity contribution in [1.29, 1.82) is 0 Å². The second-order valence-corrected chi connectivity index (χ2v) is 7.87. The average Bonchev–Trinajstić information content (AvgIpc) is 2.99. The van der Waals surface area contributed by atoms with Crippen LogP contribution in [-0.4, -0.2) is 21.6 Å². The van der Waals surface area contributed by atoms with Gasteiger partial charge in [-0.25, -0.2) is 4.79 Å².